The minimum atomic E-state index is 0.479. The van der Waals surface area contributed by atoms with Crippen molar-refractivity contribution < 1.29 is 4.74 Å². The Bertz CT molecular complexity index is 213. The van der Waals surface area contributed by atoms with E-state index >= 15 is 0 Å². The zero-order valence-corrected chi connectivity index (χ0v) is 12.8. The Morgan fingerprint density at radius 1 is 1.17 bits per heavy atom. The van der Waals surface area contributed by atoms with Crippen LogP contribution in [0.5, 0.6) is 0 Å². The van der Waals surface area contributed by atoms with Gasteiger partial charge in [0.1, 0.15) is 0 Å². The van der Waals surface area contributed by atoms with Gasteiger partial charge in [0, 0.05) is 26.7 Å². The maximum absolute atomic E-state index is 5.03. The molecule has 0 saturated carbocycles. The quantitative estimate of drug-likeness (QED) is 0.738. The lowest BCUT2D eigenvalue weighted by molar-refractivity contribution is 0.194. The summed E-state index contributed by atoms with van der Waals surface area (Å²) < 4.78 is 5.03. The van der Waals surface area contributed by atoms with Gasteiger partial charge in [0.15, 0.2) is 0 Å². The maximum atomic E-state index is 5.03. The summed E-state index contributed by atoms with van der Waals surface area (Å²) in [6, 6.07) is 0. The molecule has 0 spiro atoms. The highest BCUT2D eigenvalue weighted by Crippen LogP contribution is 2.34. The first-order valence-electron chi connectivity index (χ1n) is 7.46. The second-order valence-electron chi connectivity index (χ2n) is 6.58. The molecule has 1 unspecified atom stereocenters. The monoisotopic (exact) mass is 256 g/mol. The highest BCUT2D eigenvalue weighted by atomic mass is 16.5. The van der Waals surface area contributed by atoms with Crippen molar-refractivity contribution in [1.29, 1.82) is 0 Å². The lowest BCUT2D eigenvalue weighted by Gasteiger charge is -2.29. The third-order valence-corrected chi connectivity index (χ3v) is 4.13. The molecule has 1 rings (SSSR count). The molecule has 1 aliphatic heterocycles. The number of nitrogens with zero attached hydrogens (tertiary/aromatic N) is 1. The Morgan fingerprint density at radius 2 is 1.94 bits per heavy atom. The predicted molar refractivity (Wildman–Crippen MR) is 78.0 cm³/mol. The lowest BCUT2D eigenvalue weighted by atomic mass is 9.77. The van der Waals surface area contributed by atoms with Crippen molar-refractivity contribution in [1.82, 2.24) is 10.2 Å². The van der Waals surface area contributed by atoms with Crippen molar-refractivity contribution in [2.24, 2.45) is 11.3 Å². The number of hydrogen-bond acceptors (Lipinski definition) is 3. The highest BCUT2D eigenvalue weighted by Gasteiger charge is 2.26. The molecule has 3 heteroatoms. The summed E-state index contributed by atoms with van der Waals surface area (Å²) in [5.74, 6) is 0.893. The molecule has 1 aliphatic rings. The van der Waals surface area contributed by atoms with E-state index in [2.05, 4.69) is 31.0 Å². The smallest absolute Gasteiger partial charge is 0.0587 e. The minimum absolute atomic E-state index is 0.479. The van der Waals surface area contributed by atoms with Crippen LogP contribution in [0.1, 0.15) is 40.0 Å². The van der Waals surface area contributed by atoms with Crippen LogP contribution in [-0.4, -0.2) is 51.3 Å². The van der Waals surface area contributed by atoms with Crippen molar-refractivity contribution in [3.05, 3.63) is 0 Å². The molecule has 1 fully saturated rings. The van der Waals surface area contributed by atoms with E-state index in [9.17, 15) is 0 Å². The standard InChI is InChI=1S/C15H32N2O/c1-15(2,3)14-6-5-10-17(11-7-14)12-8-16-9-13-18-4/h14,16H,5-13H2,1-4H3. The molecule has 1 atom stereocenters. The summed E-state index contributed by atoms with van der Waals surface area (Å²) >= 11 is 0. The molecule has 0 bridgehead atoms. The minimum Gasteiger partial charge on any atom is -0.383 e. The summed E-state index contributed by atoms with van der Waals surface area (Å²) in [7, 11) is 1.75. The predicted octanol–water partition coefficient (Wildman–Crippen LogP) is 2.37. The van der Waals surface area contributed by atoms with Gasteiger partial charge in [-0.05, 0) is 43.7 Å². The Morgan fingerprint density at radius 3 is 2.61 bits per heavy atom. The van der Waals surface area contributed by atoms with Gasteiger partial charge in [-0.3, -0.25) is 0 Å². The molecule has 3 nitrogen and oxygen atoms in total. The number of nitrogens with one attached hydrogen (secondary N) is 1. The second-order valence-corrected chi connectivity index (χ2v) is 6.58. The fourth-order valence-corrected chi connectivity index (χ4v) is 2.78. The molecule has 0 amide bonds. The number of hydrogen-bond donors (Lipinski definition) is 1. The van der Waals surface area contributed by atoms with E-state index in [4.69, 9.17) is 4.74 Å². The van der Waals surface area contributed by atoms with Crippen LogP contribution in [0.15, 0.2) is 0 Å². The van der Waals surface area contributed by atoms with Crippen LogP contribution >= 0.6 is 0 Å². The fourth-order valence-electron chi connectivity index (χ4n) is 2.78. The number of ether oxygens (including phenoxy) is 1. The van der Waals surface area contributed by atoms with E-state index < -0.39 is 0 Å². The average molecular weight is 256 g/mol. The molecule has 0 aromatic carbocycles. The van der Waals surface area contributed by atoms with E-state index in [1.165, 1.54) is 38.9 Å². The zero-order valence-electron chi connectivity index (χ0n) is 12.8. The molecule has 18 heavy (non-hydrogen) atoms. The molecule has 1 heterocycles. The van der Waals surface area contributed by atoms with Gasteiger partial charge in [0.05, 0.1) is 6.61 Å². The lowest BCUT2D eigenvalue weighted by Crippen LogP contribution is -2.34. The Hall–Kier alpha value is -0.120. The van der Waals surface area contributed by atoms with Gasteiger partial charge in [-0.1, -0.05) is 20.8 Å². The number of rotatable bonds is 6. The van der Waals surface area contributed by atoms with Gasteiger partial charge in [-0.25, -0.2) is 0 Å². The van der Waals surface area contributed by atoms with Gasteiger partial charge in [-0.15, -0.1) is 0 Å². The molecule has 0 radical (unpaired) electrons. The van der Waals surface area contributed by atoms with Crippen LogP contribution in [0, 0.1) is 11.3 Å². The van der Waals surface area contributed by atoms with Crippen molar-refractivity contribution in [2.75, 3.05) is 46.4 Å². The van der Waals surface area contributed by atoms with E-state index in [1.54, 1.807) is 7.11 Å². The van der Waals surface area contributed by atoms with E-state index in [0.29, 0.717) is 5.41 Å². The molecular formula is C15H32N2O. The molecule has 0 aromatic rings. The molecule has 1 saturated heterocycles. The van der Waals surface area contributed by atoms with Crippen LogP contribution in [0.3, 0.4) is 0 Å². The topological polar surface area (TPSA) is 24.5 Å². The summed E-state index contributed by atoms with van der Waals surface area (Å²) in [5, 5.41) is 3.43. The van der Waals surface area contributed by atoms with Crippen molar-refractivity contribution in [2.45, 2.75) is 40.0 Å². The van der Waals surface area contributed by atoms with Crippen molar-refractivity contribution in [3.63, 3.8) is 0 Å². The second kappa shape index (κ2) is 8.13. The summed E-state index contributed by atoms with van der Waals surface area (Å²) in [6.45, 7) is 13.8. The van der Waals surface area contributed by atoms with Gasteiger partial charge in [0.25, 0.3) is 0 Å². The maximum Gasteiger partial charge on any atom is 0.0587 e. The van der Waals surface area contributed by atoms with Crippen LogP contribution in [0.4, 0.5) is 0 Å². The van der Waals surface area contributed by atoms with E-state index in [0.717, 1.165) is 25.6 Å². The Balaban J connectivity index is 2.17. The Labute approximate surface area is 113 Å². The summed E-state index contributed by atoms with van der Waals surface area (Å²) in [4.78, 5) is 2.62. The van der Waals surface area contributed by atoms with Crippen molar-refractivity contribution >= 4 is 0 Å². The summed E-state index contributed by atoms with van der Waals surface area (Å²) in [6.07, 6.45) is 4.12. The van der Waals surface area contributed by atoms with Crippen LogP contribution < -0.4 is 5.32 Å². The SMILES string of the molecule is COCCNCCN1CCCC(C(C)(C)C)CC1. The normalized spacial score (nSPS) is 23.0. The third-order valence-electron chi connectivity index (χ3n) is 4.13. The van der Waals surface area contributed by atoms with Crippen LogP contribution in [0.2, 0.25) is 0 Å². The fraction of sp³-hybridized carbons (Fsp3) is 1.00. The molecule has 108 valence electrons. The largest absolute Gasteiger partial charge is 0.383 e. The third kappa shape index (κ3) is 6.17. The van der Waals surface area contributed by atoms with Gasteiger partial charge in [-0.2, -0.15) is 0 Å². The van der Waals surface area contributed by atoms with Gasteiger partial charge < -0.3 is 15.0 Å². The Kier molecular flexibility index (Phi) is 7.20. The van der Waals surface area contributed by atoms with Gasteiger partial charge >= 0.3 is 0 Å². The zero-order chi connectivity index (χ0) is 13.4. The molecule has 0 aromatic heterocycles. The highest BCUT2D eigenvalue weighted by molar-refractivity contribution is 4.78. The van der Waals surface area contributed by atoms with Crippen LogP contribution in [-0.2, 0) is 4.74 Å². The molecular weight excluding hydrogens is 224 g/mol. The number of likely N-dealkylation sites (tertiary alicyclic amines) is 1. The molecule has 1 N–H and O–H groups in total. The van der Waals surface area contributed by atoms with Crippen molar-refractivity contribution in [3.8, 4) is 0 Å². The first-order valence-corrected chi connectivity index (χ1v) is 7.46. The molecule has 0 aliphatic carbocycles. The first kappa shape index (κ1) is 15.9. The average Bonchev–Trinajstić information content (AvgIpc) is 2.53. The summed E-state index contributed by atoms with van der Waals surface area (Å²) in [5.41, 5.74) is 0.479. The van der Waals surface area contributed by atoms with Crippen LogP contribution in [0.25, 0.3) is 0 Å². The van der Waals surface area contributed by atoms with Gasteiger partial charge in [0.2, 0.25) is 0 Å². The van der Waals surface area contributed by atoms with E-state index in [1.807, 2.05) is 0 Å². The number of methoxy groups -OCH3 is 1. The van der Waals surface area contributed by atoms with E-state index in [-0.39, 0.29) is 0 Å². The first-order chi connectivity index (χ1) is 8.54.